The Labute approximate surface area is 187 Å². The maximum atomic E-state index is 12.6. The largest absolute Gasteiger partial charge is 0.353 e. The van der Waals surface area contributed by atoms with Crippen LogP contribution >= 0.6 is 11.8 Å². The van der Waals surface area contributed by atoms with Gasteiger partial charge in [0.05, 0.1) is 11.4 Å². The molecule has 0 bridgehead atoms. The topological polar surface area (TPSA) is 72.7 Å². The maximum absolute atomic E-state index is 12.6. The Bertz CT molecular complexity index is 1030. The van der Waals surface area contributed by atoms with Crippen molar-refractivity contribution in [2.75, 3.05) is 5.75 Å². The molecule has 162 valence electrons. The van der Waals surface area contributed by atoms with Gasteiger partial charge in [-0.15, -0.1) is 10.2 Å². The number of carbonyl (C=O) groups is 1. The normalized spacial score (nSPS) is 14.9. The van der Waals surface area contributed by atoms with Crippen LogP contribution in [0.1, 0.15) is 49.7 Å². The lowest BCUT2D eigenvalue weighted by atomic mass is 10.1. The summed E-state index contributed by atoms with van der Waals surface area (Å²) in [6.07, 6.45) is 10.6. The van der Waals surface area contributed by atoms with E-state index in [4.69, 9.17) is 0 Å². The number of amides is 1. The second-order valence-electron chi connectivity index (χ2n) is 8.19. The van der Waals surface area contributed by atoms with E-state index in [-0.39, 0.29) is 5.91 Å². The van der Waals surface area contributed by atoms with Gasteiger partial charge in [0.1, 0.15) is 0 Å². The number of aryl methyl sites for hydroxylation is 2. The number of aromatic nitrogens is 4. The summed E-state index contributed by atoms with van der Waals surface area (Å²) in [5, 5.41) is 12.8. The molecule has 0 saturated heterocycles. The first kappa shape index (κ1) is 21.6. The van der Waals surface area contributed by atoms with Crippen molar-refractivity contribution in [3.05, 3.63) is 53.9 Å². The van der Waals surface area contributed by atoms with Gasteiger partial charge in [-0.2, -0.15) is 0 Å². The number of hydrogen-bond donors (Lipinski definition) is 1. The fraction of sp³-hybridized carbons (Fsp3) is 0.417. The smallest absolute Gasteiger partial charge is 0.230 e. The number of rotatable bonds is 6. The SMILES string of the molecule is Cc1ccc(-n2c(SCC(=O)NC3CCCCCC3)nnc2-c2ccncc2)cc1C. The van der Waals surface area contributed by atoms with Crippen molar-refractivity contribution in [1.82, 2.24) is 25.1 Å². The molecule has 1 fully saturated rings. The second kappa shape index (κ2) is 10.1. The average molecular weight is 436 g/mol. The van der Waals surface area contributed by atoms with E-state index in [9.17, 15) is 4.79 Å². The zero-order chi connectivity index (χ0) is 21.6. The number of carbonyl (C=O) groups excluding carboxylic acids is 1. The Hall–Kier alpha value is -2.67. The van der Waals surface area contributed by atoms with Gasteiger partial charge in [0, 0.05) is 24.0 Å². The number of thioether (sulfide) groups is 1. The van der Waals surface area contributed by atoms with Crippen LogP contribution in [0.5, 0.6) is 0 Å². The number of nitrogens with one attached hydrogen (secondary N) is 1. The molecule has 0 unspecified atom stereocenters. The highest BCUT2D eigenvalue weighted by molar-refractivity contribution is 7.99. The molecular formula is C24H29N5OS. The molecule has 1 aliphatic rings. The fourth-order valence-electron chi connectivity index (χ4n) is 3.97. The van der Waals surface area contributed by atoms with Crippen LogP contribution in [0, 0.1) is 13.8 Å². The summed E-state index contributed by atoms with van der Waals surface area (Å²) in [6.45, 7) is 4.20. The van der Waals surface area contributed by atoms with Gasteiger partial charge < -0.3 is 5.32 Å². The van der Waals surface area contributed by atoms with Crippen molar-refractivity contribution in [1.29, 1.82) is 0 Å². The zero-order valence-electron chi connectivity index (χ0n) is 18.2. The van der Waals surface area contributed by atoms with Crippen LogP contribution < -0.4 is 5.32 Å². The molecule has 1 aliphatic carbocycles. The minimum atomic E-state index is 0.0667. The monoisotopic (exact) mass is 435 g/mol. The van der Waals surface area contributed by atoms with Gasteiger partial charge in [-0.05, 0) is 62.1 Å². The van der Waals surface area contributed by atoms with Crippen LogP contribution in [0.2, 0.25) is 0 Å². The quantitative estimate of drug-likeness (QED) is 0.441. The molecule has 0 radical (unpaired) electrons. The molecule has 1 amide bonds. The molecule has 31 heavy (non-hydrogen) atoms. The van der Waals surface area contributed by atoms with E-state index in [2.05, 4.69) is 52.5 Å². The third-order valence-electron chi connectivity index (χ3n) is 5.87. The third-order valence-corrected chi connectivity index (χ3v) is 6.80. The minimum Gasteiger partial charge on any atom is -0.353 e. The Morgan fingerprint density at radius 1 is 1.03 bits per heavy atom. The molecule has 7 heteroatoms. The molecule has 0 spiro atoms. The van der Waals surface area contributed by atoms with E-state index in [0.29, 0.717) is 17.0 Å². The highest BCUT2D eigenvalue weighted by Gasteiger charge is 2.19. The number of hydrogen-bond acceptors (Lipinski definition) is 5. The van der Waals surface area contributed by atoms with Crippen LogP contribution in [-0.4, -0.2) is 37.5 Å². The van der Waals surface area contributed by atoms with Gasteiger partial charge in [-0.1, -0.05) is 43.5 Å². The molecule has 2 aromatic heterocycles. The summed E-state index contributed by atoms with van der Waals surface area (Å²) >= 11 is 1.43. The minimum absolute atomic E-state index is 0.0667. The van der Waals surface area contributed by atoms with Crippen molar-refractivity contribution in [3.63, 3.8) is 0 Å². The maximum Gasteiger partial charge on any atom is 0.230 e. The van der Waals surface area contributed by atoms with E-state index in [1.807, 2.05) is 16.7 Å². The fourth-order valence-corrected chi connectivity index (χ4v) is 4.74. The summed E-state index contributed by atoms with van der Waals surface area (Å²) in [5.74, 6) is 1.14. The number of nitrogens with zero attached hydrogens (tertiary/aromatic N) is 4. The Morgan fingerprint density at radius 2 is 1.77 bits per heavy atom. The first-order valence-electron chi connectivity index (χ1n) is 11.0. The van der Waals surface area contributed by atoms with E-state index >= 15 is 0 Å². The summed E-state index contributed by atoms with van der Waals surface area (Å²) in [7, 11) is 0. The van der Waals surface area contributed by atoms with E-state index in [1.54, 1.807) is 12.4 Å². The van der Waals surface area contributed by atoms with Crippen LogP contribution in [-0.2, 0) is 4.79 Å². The predicted octanol–water partition coefficient (Wildman–Crippen LogP) is 4.88. The predicted molar refractivity (Wildman–Crippen MR) is 124 cm³/mol. The van der Waals surface area contributed by atoms with Crippen molar-refractivity contribution >= 4 is 17.7 Å². The third kappa shape index (κ3) is 5.34. The molecule has 0 atom stereocenters. The number of benzene rings is 1. The Kier molecular flexibility index (Phi) is 7.02. The first-order chi connectivity index (χ1) is 15.1. The summed E-state index contributed by atoms with van der Waals surface area (Å²) in [6, 6.07) is 10.5. The molecule has 1 N–H and O–H groups in total. The van der Waals surface area contributed by atoms with E-state index in [0.717, 1.165) is 29.9 Å². The van der Waals surface area contributed by atoms with Crippen molar-refractivity contribution in [2.24, 2.45) is 0 Å². The van der Waals surface area contributed by atoms with Gasteiger partial charge in [-0.3, -0.25) is 14.3 Å². The lowest BCUT2D eigenvalue weighted by Crippen LogP contribution is -2.35. The Balaban J connectivity index is 1.56. The van der Waals surface area contributed by atoms with Crippen LogP contribution in [0.4, 0.5) is 0 Å². The molecule has 1 saturated carbocycles. The van der Waals surface area contributed by atoms with Crippen LogP contribution in [0.25, 0.3) is 17.1 Å². The molecule has 1 aromatic carbocycles. The summed E-state index contributed by atoms with van der Waals surface area (Å²) in [4.78, 5) is 16.7. The standard InChI is InChI=1S/C24H29N5OS/c1-17-9-10-21(15-18(17)2)29-23(19-11-13-25-14-12-19)27-28-24(29)31-16-22(30)26-20-7-5-3-4-6-8-20/h9-15,20H,3-8,16H2,1-2H3,(H,26,30). The van der Waals surface area contributed by atoms with Crippen LogP contribution in [0.3, 0.4) is 0 Å². The highest BCUT2D eigenvalue weighted by Crippen LogP contribution is 2.28. The lowest BCUT2D eigenvalue weighted by molar-refractivity contribution is -0.119. The van der Waals surface area contributed by atoms with Gasteiger partial charge >= 0.3 is 0 Å². The highest BCUT2D eigenvalue weighted by atomic mass is 32.2. The molecule has 2 heterocycles. The average Bonchev–Trinajstić information content (AvgIpc) is 3.04. The Morgan fingerprint density at radius 3 is 2.48 bits per heavy atom. The molecule has 3 aromatic rings. The van der Waals surface area contributed by atoms with E-state index < -0.39 is 0 Å². The summed E-state index contributed by atoms with van der Waals surface area (Å²) in [5.41, 5.74) is 4.37. The molecule has 6 nitrogen and oxygen atoms in total. The molecule has 4 rings (SSSR count). The molecular weight excluding hydrogens is 406 g/mol. The zero-order valence-corrected chi connectivity index (χ0v) is 19.0. The number of pyridine rings is 1. The van der Waals surface area contributed by atoms with Crippen molar-refractivity contribution in [2.45, 2.75) is 63.6 Å². The van der Waals surface area contributed by atoms with E-state index in [1.165, 1.54) is 48.6 Å². The summed E-state index contributed by atoms with van der Waals surface area (Å²) < 4.78 is 2.03. The van der Waals surface area contributed by atoms with Crippen molar-refractivity contribution < 1.29 is 4.79 Å². The second-order valence-corrected chi connectivity index (χ2v) is 9.13. The van der Waals surface area contributed by atoms with Crippen LogP contribution in [0.15, 0.2) is 47.9 Å². The van der Waals surface area contributed by atoms with Gasteiger partial charge in [0.15, 0.2) is 11.0 Å². The van der Waals surface area contributed by atoms with Gasteiger partial charge in [0.2, 0.25) is 5.91 Å². The van der Waals surface area contributed by atoms with Gasteiger partial charge in [-0.25, -0.2) is 0 Å². The molecule has 0 aliphatic heterocycles. The first-order valence-corrected chi connectivity index (χ1v) is 12.0. The lowest BCUT2D eigenvalue weighted by Gasteiger charge is -2.16. The van der Waals surface area contributed by atoms with Crippen molar-refractivity contribution in [3.8, 4) is 17.1 Å². The van der Waals surface area contributed by atoms with Gasteiger partial charge in [0.25, 0.3) is 0 Å².